The number of quaternary nitrogens is 1. The van der Waals surface area contributed by atoms with Crippen molar-refractivity contribution < 1.29 is 9.64 Å². The third kappa shape index (κ3) is 5.03. The van der Waals surface area contributed by atoms with E-state index in [4.69, 9.17) is 22.1 Å². The Hall–Kier alpha value is -2.35. The van der Waals surface area contributed by atoms with Crippen molar-refractivity contribution in [3.8, 4) is 11.4 Å². The van der Waals surface area contributed by atoms with Gasteiger partial charge >= 0.3 is 0 Å². The fourth-order valence-corrected chi connectivity index (χ4v) is 4.53. The standard InChI is InChI=1S/C23H29N5OS/c1-29-16-15-27-22(21-7-11-24-12-8-21)25-28(23(27)30)18-26-13-9-20(10-14-26)17-19-5-3-2-4-6-19/h2-8,11-12,20H,9-10,13-18H2,1H3/p+1. The Morgan fingerprint density at radius 1 is 1.10 bits per heavy atom. The molecule has 0 bridgehead atoms. The number of nitrogens with zero attached hydrogens (tertiary/aromatic N) is 4. The number of hydrogen-bond acceptors (Lipinski definition) is 4. The first-order valence-corrected chi connectivity index (χ1v) is 11.1. The molecule has 1 N–H and O–H groups in total. The number of benzene rings is 1. The monoisotopic (exact) mass is 424 g/mol. The van der Waals surface area contributed by atoms with E-state index >= 15 is 0 Å². The molecule has 0 saturated carbocycles. The largest absolute Gasteiger partial charge is 0.383 e. The van der Waals surface area contributed by atoms with Crippen LogP contribution in [0.1, 0.15) is 18.4 Å². The first-order valence-electron chi connectivity index (χ1n) is 10.7. The van der Waals surface area contributed by atoms with Crippen LogP contribution in [0.3, 0.4) is 0 Å². The zero-order chi connectivity index (χ0) is 20.8. The van der Waals surface area contributed by atoms with Crippen molar-refractivity contribution in [3.63, 3.8) is 0 Å². The second kappa shape index (κ2) is 10.1. The van der Waals surface area contributed by atoms with Crippen LogP contribution in [0.4, 0.5) is 0 Å². The summed E-state index contributed by atoms with van der Waals surface area (Å²) in [7, 11) is 1.71. The predicted octanol–water partition coefficient (Wildman–Crippen LogP) is 2.62. The molecular formula is C23H30N5OS+. The van der Waals surface area contributed by atoms with Gasteiger partial charge in [0.2, 0.25) is 4.77 Å². The highest BCUT2D eigenvalue weighted by atomic mass is 32.1. The van der Waals surface area contributed by atoms with E-state index < -0.39 is 0 Å². The van der Waals surface area contributed by atoms with Gasteiger partial charge in [0.05, 0.1) is 26.2 Å². The molecule has 0 unspecified atom stereocenters. The van der Waals surface area contributed by atoms with Crippen LogP contribution >= 0.6 is 12.2 Å². The number of pyridine rings is 1. The SMILES string of the molecule is COCCn1c(-c2ccncc2)nn(C[NH+]2CCC(Cc3ccccc3)CC2)c1=S. The maximum absolute atomic E-state index is 5.78. The minimum absolute atomic E-state index is 0.607. The molecular weight excluding hydrogens is 394 g/mol. The number of likely N-dealkylation sites (tertiary alicyclic amines) is 1. The van der Waals surface area contributed by atoms with Crippen molar-refractivity contribution in [2.75, 3.05) is 26.8 Å². The molecule has 158 valence electrons. The Morgan fingerprint density at radius 3 is 2.53 bits per heavy atom. The maximum Gasteiger partial charge on any atom is 0.203 e. The van der Waals surface area contributed by atoms with Crippen LogP contribution in [0.5, 0.6) is 0 Å². The van der Waals surface area contributed by atoms with Gasteiger partial charge in [-0.15, -0.1) is 5.10 Å². The lowest BCUT2D eigenvalue weighted by atomic mass is 9.90. The molecule has 0 radical (unpaired) electrons. The number of methoxy groups -OCH3 is 1. The second-order valence-corrected chi connectivity index (χ2v) is 8.39. The normalized spacial score (nSPS) is 19.1. The van der Waals surface area contributed by atoms with E-state index in [1.54, 1.807) is 24.4 Å². The topological polar surface area (TPSA) is 49.3 Å². The van der Waals surface area contributed by atoms with E-state index in [2.05, 4.69) is 39.9 Å². The summed E-state index contributed by atoms with van der Waals surface area (Å²) in [6, 6.07) is 14.8. The molecule has 30 heavy (non-hydrogen) atoms. The molecule has 0 aliphatic carbocycles. The smallest absolute Gasteiger partial charge is 0.203 e. The van der Waals surface area contributed by atoms with E-state index in [9.17, 15) is 0 Å². The van der Waals surface area contributed by atoms with Gasteiger partial charge in [0.15, 0.2) is 12.5 Å². The lowest BCUT2D eigenvalue weighted by molar-refractivity contribution is -0.929. The van der Waals surface area contributed by atoms with Crippen LogP contribution in [-0.4, -0.2) is 46.1 Å². The Balaban J connectivity index is 1.43. The molecule has 0 amide bonds. The van der Waals surface area contributed by atoms with E-state index in [-0.39, 0.29) is 0 Å². The summed E-state index contributed by atoms with van der Waals surface area (Å²) >= 11 is 5.78. The lowest BCUT2D eigenvalue weighted by Crippen LogP contribution is -3.12. The van der Waals surface area contributed by atoms with Crippen LogP contribution in [0, 0.1) is 10.7 Å². The summed E-state index contributed by atoms with van der Waals surface area (Å²) in [5.74, 6) is 1.66. The van der Waals surface area contributed by atoms with Gasteiger partial charge in [0, 0.05) is 25.1 Å². The summed E-state index contributed by atoms with van der Waals surface area (Å²) in [5, 5.41) is 4.89. The Labute approximate surface area is 183 Å². The minimum Gasteiger partial charge on any atom is -0.383 e. The van der Waals surface area contributed by atoms with Gasteiger partial charge in [-0.05, 0) is 55.1 Å². The average molecular weight is 425 g/mol. The summed E-state index contributed by atoms with van der Waals surface area (Å²) in [6.45, 7) is 4.44. The fourth-order valence-electron chi connectivity index (χ4n) is 4.25. The van der Waals surface area contributed by atoms with Crippen molar-refractivity contribution in [1.82, 2.24) is 19.3 Å². The molecule has 1 aliphatic heterocycles. The van der Waals surface area contributed by atoms with Crippen molar-refractivity contribution >= 4 is 12.2 Å². The molecule has 6 nitrogen and oxygen atoms in total. The van der Waals surface area contributed by atoms with Gasteiger partial charge in [-0.2, -0.15) is 4.68 Å². The molecule has 1 aliphatic rings. The Kier molecular flexibility index (Phi) is 7.04. The molecule has 3 heterocycles. The van der Waals surface area contributed by atoms with Crippen LogP contribution in [0.15, 0.2) is 54.9 Å². The zero-order valence-corrected chi connectivity index (χ0v) is 18.4. The van der Waals surface area contributed by atoms with Crippen molar-refractivity contribution in [3.05, 3.63) is 65.2 Å². The van der Waals surface area contributed by atoms with E-state index in [0.717, 1.165) is 41.8 Å². The third-order valence-electron chi connectivity index (χ3n) is 5.93. The minimum atomic E-state index is 0.607. The zero-order valence-electron chi connectivity index (χ0n) is 17.5. The number of piperidine rings is 1. The first kappa shape index (κ1) is 20.9. The van der Waals surface area contributed by atoms with Gasteiger partial charge < -0.3 is 9.64 Å². The van der Waals surface area contributed by atoms with Gasteiger partial charge in [0.25, 0.3) is 0 Å². The molecule has 0 atom stereocenters. The molecule has 3 aromatic rings. The quantitative estimate of drug-likeness (QED) is 0.565. The summed E-state index contributed by atoms with van der Waals surface area (Å²) in [6.07, 6.45) is 7.27. The Morgan fingerprint density at radius 2 is 1.83 bits per heavy atom. The first-order chi connectivity index (χ1) is 14.7. The number of ether oxygens (including phenoxy) is 1. The Bertz CT molecular complexity index is 978. The van der Waals surface area contributed by atoms with Crippen LogP contribution in [-0.2, 0) is 24.4 Å². The average Bonchev–Trinajstić information content (AvgIpc) is 3.10. The molecule has 0 spiro atoms. The number of rotatable bonds is 8. The van der Waals surface area contributed by atoms with Crippen LogP contribution in [0.2, 0.25) is 0 Å². The predicted molar refractivity (Wildman–Crippen MR) is 120 cm³/mol. The van der Waals surface area contributed by atoms with Crippen LogP contribution < -0.4 is 4.90 Å². The molecule has 7 heteroatoms. The van der Waals surface area contributed by atoms with Crippen molar-refractivity contribution in [2.24, 2.45) is 5.92 Å². The van der Waals surface area contributed by atoms with E-state index in [1.165, 1.54) is 24.8 Å². The van der Waals surface area contributed by atoms with Gasteiger partial charge in [0.1, 0.15) is 0 Å². The summed E-state index contributed by atoms with van der Waals surface area (Å²) in [4.78, 5) is 5.67. The third-order valence-corrected chi connectivity index (χ3v) is 6.36. The molecule has 1 aromatic carbocycles. The molecule has 2 aromatic heterocycles. The molecule has 1 fully saturated rings. The van der Waals surface area contributed by atoms with Gasteiger partial charge in [-0.25, -0.2) is 0 Å². The highest BCUT2D eigenvalue weighted by Gasteiger charge is 2.24. The fraction of sp³-hybridized carbons (Fsp3) is 0.435. The molecule has 1 saturated heterocycles. The van der Waals surface area contributed by atoms with Crippen molar-refractivity contribution in [2.45, 2.75) is 32.5 Å². The number of hydrogen-bond donors (Lipinski definition) is 1. The molecule has 4 rings (SSSR count). The maximum atomic E-state index is 5.78. The lowest BCUT2D eigenvalue weighted by Gasteiger charge is -2.29. The van der Waals surface area contributed by atoms with Crippen molar-refractivity contribution in [1.29, 1.82) is 0 Å². The number of nitrogens with one attached hydrogen (secondary N) is 1. The second-order valence-electron chi connectivity index (χ2n) is 8.03. The van der Waals surface area contributed by atoms with E-state index in [0.29, 0.717) is 13.2 Å². The van der Waals surface area contributed by atoms with Gasteiger partial charge in [-0.1, -0.05) is 30.3 Å². The summed E-state index contributed by atoms with van der Waals surface area (Å²) in [5.41, 5.74) is 2.48. The van der Waals surface area contributed by atoms with Gasteiger partial charge in [-0.3, -0.25) is 9.55 Å². The van der Waals surface area contributed by atoms with Crippen LogP contribution in [0.25, 0.3) is 11.4 Å². The highest BCUT2D eigenvalue weighted by Crippen LogP contribution is 2.18. The summed E-state index contributed by atoms with van der Waals surface area (Å²) < 4.78 is 10.1. The number of aromatic nitrogens is 4. The highest BCUT2D eigenvalue weighted by molar-refractivity contribution is 7.71. The van der Waals surface area contributed by atoms with E-state index in [1.807, 2.05) is 16.8 Å².